The molecule has 4 rings (SSSR count). The summed E-state index contributed by atoms with van der Waals surface area (Å²) in [6.07, 6.45) is 0. The van der Waals surface area contributed by atoms with Gasteiger partial charge in [0, 0.05) is 22.3 Å². The molecule has 0 amide bonds. The van der Waals surface area contributed by atoms with E-state index in [1.54, 1.807) is 0 Å². The van der Waals surface area contributed by atoms with E-state index in [0.29, 0.717) is 0 Å². The molecule has 28 heavy (non-hydrogen) atoms. The fourth-order valence-electron chi connectivity index (χ4n) is 3.66. The van der Waals surface area contributed by atoms with E-state index < -0.39 is 11.2 Å². The van der Waals surface area contributed by atoms with Gasteiger partial charge < -0.3 is 4.55 Å². The van der Waals surface area contributed by atoms with Crippen molar-refractivity contribution in [3.63, 3.8) is 0 Å². The van der Waals surface area contributed by atoms with Crippen LogP contribution >= 0.6 is 0 Å². The van der Waals surface area contributed by atoms with E-state index in [1.807, 2.05) is 60.7 Å². The first-order valence-corrected chi connectivity index (χ1v) is 10.5. The highest BCUT2D eigenvalue weighted by molar-refractivity contribution is 7.91. The smallest absolute Gasteiger partial charge is 0.166 e. The number of benzene rings is 4. The van der Waals surface area contributed by atoms with Crippen molar-refractivity contribution in [1.82, 2.24) is 0 Å². The molecule has 0 aliphatic rings. The van der Waals surface area contributed by atoms with Gasteiger partial charge >= 0.3 is 0 Å². The lowest BCUT2D eigenvalue weighted by molar-refractivity contribution is 0.595. The molecule has 138 valence electrons. The lowest BCUT2D eigenvalue weighted by atomic mass is 10.0. The van der Waals surface area contributed by atoms with E-state index in [2.05, 4.69) is 50.2 Å². The summed E-state index contributed by atoms with van der Waals surface area (Å²) in [6.45, 7) is 4.16. The molecule has 0 fully saturated rings. The predicted octanol–water partition coefficient (Wildman–Crippen LogP) is 6.80. The van der Waals surface area contributed by atoms with Crippen LogP contribution in [0.1, 0.15) is 11.1 Å². The Hall–Kier alpha value is -2.81. The van der Waals surface area contributed by atoms with Gasteiger partial charge in [-0.1, -0.05) is 84.9 Å². The topological polar surface area (TPSA) is 23.1 Å². The molecule has 0 atom stereocenters. The van der Waals surface area contributed by atoms with Gasteiger partial charge in [0.15, 0.2) is 9.79 Å². The summed E-state index contributed by atoms with van der Waals surface area (Å²) in [6, 6.07) is 32.6. The highest BCUT2D eigenvalue weighted by Gasteiger charge is 2.25. The highest BCUT2D eigenvalue weighted by Crippen LogP contribution is 2.38. The van der Waals surface area contributed by atoms with Crippen LogP contribution in [0.2, 0.25) is 0 Å². The van der Waals surface area contributed by atoms with Crippen LogP contribution in [0.15, 0.2) is 107 Å². The van der Waals surface area contributed by atoms with Crippen molar-refractivity contribution in [2.75, 3.05) is 0 Å². The van der Waals surface area contributed by atoms with Crippen molar-refractivity contribution in [2.24, 2.45) is 0 Å². The van der Waals surface area contributed by atoms with E-state index in [1.165, 1.54) is 0 Å². The van der Waals surface area contributed by atoms with Crippen LogP contribution in [0.4, 0.5) is 0 Å². The maximum absolute atomic E-state index is 13.9. The van der Waals surface area contributed by atoms with Crippen LogP contribution in [0.5, 0.6) is 0 Å². The van der Waals surface area contributed by atoms with Crippen LogP contribution in [0.25, 0.3) is 22.3 Å². The Labute approximate surface area is 169 Å². The Morgan fingerprint density at radius 1 is 0.500 bits per heavy atom. The first-order valence-electron chi connectivity index (χ1n) is 9.38. The molecule has 0 saturated heterocycles. The molecule has 0 unspecified atom stereocenters. The van der Waals surface area contributed by atoms with Gasteiger partial charge in [-0.15, -0.1) is 0 Å². The Morgan fingerprint density at radius 3 is 1.29 bits per heavy atom. The third kappa shape index (κ3) is 3.49. The average Bonchev–Trinajstić information content (AvgIpc) is 2.74. The van der Waals surface area contributed by atoms with Gasteiger partial charge in [0.25, 0.3) is 0 Å². The van der Waals surface area contributed by atoms with E-state index >= 15 is 0 Å². The number of aryl methyl sites for hydroxylation is 2. The van der Waals surface area contributed by atoms with Gasteiger partial charge in [-0.3, -0.25) is 0 Å². The molecule has 0 aromatic heterocycles. The summed E-state index contributed by atoms with van der Waals surface area (Å²) in [5, 5.41) is 0. The van der Waals surface area contributed by atoms with Crippen molar-refractivity contribution in [3.05, 3.63) is 108 Å². The van der Waals surface area contributed by atoms with Crippen LogP contribution in [-0.2, 0) is 11.2 Å². The molecule has 4 aromatic carbocycles. The zero-order valence-electron chi connectivity index (χ0n) is 16.1. The van der Waals surface area contributed by atoms with Gasteiger partial charge in [0.2, 0.25) is 0 Å². The molecule has 0 heterocycles. The number of hydrogen-bond donors (Lipinski definition) is 0. The van der Waals surface area contributed by atoms with E-state index in [-0.39, 0.29) is 0 Å². The Balaban J connectivity index is 1.91. The van der Waals surface area contributed by atoms with Crippen molar-refractivity contribution in [1.29, 1.82) is 0 Å². The second-order valence-corrected chi connectivity index (χ2v) is 8.31. The van der Waals surface area contributed by atoms with Crippen molar-refractivity contribution < 1.29 is 4.55 Å². The largest absolute Gasteiger partial charge is 0.606 e. The van der Waals surface area contributed by atoms with Gasteiger partial charge in [-0.05, 0) is 48.2 Å². The van der Waals surface area contributed by atoms with Gasteiger partial charge in [-0.25, -0.2) is 0 Å². The lowest BCUT2D eigenvalue weighted by Gasteiger charge is -2.19. The zero-order valence-corrected chi connectivity index (χ0v) is 16.9. The summed E-state index contributed by atoms with van der Waals surface area (Å²) in [7, 11) is 0. The fraction of sp³-hybridized carbons (Fsp3) is 0.0769. The van der Waals surface area contributed by atoms with Crippen LogP contribution in [0, 0.1) is 13.8 Å². The fourth-order valence-corrected chi connectivity index (χ4v) is 5.23. The van der Waals surface area contributed by atoms with Crippen LogP contribution < -0.4 is 0 Å². The Bertz CT molecular complexity index is 999. The SMILES string of the molecule is Cc1cccc([S+]([O-])c2cccc(C)c2-c2ccccc2)c1-c1ccccc1. The van der Waals surface area contributed by atoms with Crippen LogP contribution in [-0.4, -0.2) is 4.55 Å². The minimum Gasteiger partial charge on any atom is -0.606 e. The molecule has 1 nitrogen and oxygen atoms in total. The number of rotatable bonds is 4. The molecular formula is C26H22OS. The molecule has 0 radical (unpaired) electrons. The highest BCUT2D eigenvalue weighted by atomic mass is 32.2. The molecule has 0 spiro atoms. The molecule has 0 aliphatic carbocycles. The summed E-state index contributed by atoms with van der Waals surface area (Å²) < 4.78 is 13.9. The molecule has 2 heteroatoms. The number of hydrogen-bond acceptors (Lipinski definition) is 1. The maximum Gasteiger partial charge on any atom is 0.166 e. The summed E-state index contributed by atoms with van der Waals surface area (Å²) in [4.78, 5) is 1.71. The molecule has 0 N–H and O–H groups in total. The molecule has 0 aliphatic heterocycles. The standard InChI is InChI=1S/C26H22OS/c1-19-11-9-17-23(25(19)21-13-5-3-6-14-21)28(27)24-18-10-12-20(2)26(24)22-15-7-4-8-16-22/h3-18H,1-2H3. The van der Waals surface area contributed by atoms with Crippen molar-refractivity contribution in [2.45, 2.75) is 23.6 Å². The second kappa shape index (κ2) is 8.05. The molecule has 4 aromatic rings. The first kappa shape index (κ1) is 18.5. The van der Waals surface area contributed by atoms with Gasteiger partial charge in [-0.2, -0.15) is 0 Å². The third-order valence-corrected chi connectivity index (χ3v) is 6.47. The maximum atomic E-state index is 13.9. The normalized spacial score (nSPS) is 11.0. The first-order chi connectivity index (χ1) is 13.7. The van der Waals surface area contributed by atoms with Gasteiger partial charge in [0.05, 0.1) is 0 Å². The third-order valence-electron chi connectivity index (χ3n) is 4.99. The summed E-state index contributed by atoms with van der Waals surface area (Å²) >= 11 is -1.29. The summed E-state index contributed by atoms with van der Waals surface area (Å²) in [5.41, 5.74) is 6.57. The molecular weight excluding hydrogens is 360 g/mol. The zero-order chi connectivity index (χ0) is 19.5. The minimum atomic E-state index is -1.29. The average molecular weight is 383 g/mol. The Kier molecular flexibility index (Phi) is 5.34. The van der Waals surface area contributed by atoms with Crippen molar-refractivity contribution in [3.8, 4) is 22.3 Å². The molecule has 0 bridgehead atoms. The van der Waals surface area contributed by atoms with E-state index in [4.69, 9.17) is 0 Å². The lowest BCUT2D eigenvalue weighted by Crippen LogP contribution is -2.07. The van der Waals surface area contributed by atoms with Crippen LogP contribution in [0.3, 0.4) is 0 Å². The van der Waals surface area contributed by atoms with Gasteiger partial charge in [0.1, 0.15) is 0 Å². The minimum absolute atomic E-state index is 0.856. The monoisotopic (exact) mass is 382 g/mol. The quantitative estimate of drug-likeness (QED) is 0.356. The molecule has 0 saturated carbocycles. The predicted molar refractivity (Wildman–Crippen MR) is 118 cm³/mol. The van der Waals surface area contributed by atoms with Crippen molar-refractivity contribution >= 4 is 11.2 Å². The van der Waals surface area contributed by atoms with E-state index in [0.717, 1.165) is 43.2 Å². The summed E-state index contributed by atoms with van der Waals surface area (Å²) in [5.74, 6) is 0. The second-order valence-electron chi connectivity index (χ2n) is 6.90. The Morgan fingerprint density at radius 2 is 0.893 bits per heavy atom. The van der Waals surface area contributed by atoms with E-state index in [9.17, 15) is 4.55 Å².